The summed E-state index contributed by atoms with van der Waals surface area (Å²) in [6, 6.07) is 26.5. The largest absolute Gasteiger partial charge is 0.486 e. The van der Waals surface area contributed by atoms with Crippen LogP contribution in [-0.4, -0.2) is 36.7 Å². The number of anilines is 2. The van der Waals surface area contributed by atoms with Gasteiger partial charge in [-0.2, -0.15) is 0 Å². The Bertz CT molecular complexity index is 1640. The summed E-state index contributed by atoms with van der Waals surface area (Å²) in [4.78, 5) is 39.4. The molecular weight excluding hydrogens is 557 g/mol. The van der Waals surface area contributed by atoms with E-state index in [1.807, 2.05) is 6.07 Å². The van der Waals surface area contributed by atoms with Crippen molar-refractivity contribution in [3.05, 3.63) is 120 Å². The monoisotopic (exact) mass is 583 g/mol. The first kappa shape index (κ1) is 28.4. The standard InChI is InChI=1S/C32H26FN3O5S/c33-26-12-5-4-9-22(26)17-27(36-31(38)21-7-2-1-3-8-21)32(39)35-23-10-6-11-25(18-23)42-20-30(37)34-24-13-14-28-29(19-24)41-16-15-40-28/h1-14,17-19H,15-16,20H2,(H,34,37)(H,35,39)(H,36,38)/b27-17-. The molecule has 0 fully saturated rings. The Kier molecular flexibility index (Phi) is 9.15. The normalized spacial score (nSPS) is 12.3. The molecule has 212 valence electrons. The van der Waals surface area contributed by atoms with E-state index in [2.05, 4.69) is 16.0 Å². The minimum atomic E-state index is -0.638. The van der Waals surface area contributed by atoms with Crippen LogP contribution < -0.4 is 25.4 Å². The van der Waals surface area contributed by atoms with E-state index in [0.29, 0.717) is 41.7 Å². The third kappa shape index (κ3) is 7.55. The van der Waals surface area contributed by atoms with E-state index in [0.717, 1.165) is 4.90 Å². The molecule has 8 nitrogen and oxygen atoms in total. The number of carbonyl (C=O) groups is 3. The molecule has 0 aromatic heterocycles. The van der Waals surface area contributed by atoms with Crippen molar-refractivity contribution in [3.63, 3.8) is 0 Å². The molecule has 4 aromatic rings. The van der Waals surface area contributed by atoms with E-state index in [9.17, 15) is 18.8 Å². The summed E-state index contributed by atoms with van der Waals surface area (Å²) in [5.41, 5.74) is 1.39. The minimum absolute atomic E-state index is 0.122. The zero-order valence-corrected chi connectivity index (χ0v) is 23.1. The average Bonchev–Trinajstić information content (AvgIpc) is 3.01. The van der Waals surface area contributed by atoms with E-state index in [-0.39, 0.29) is 22.9 Å². The maximum atomic E-state index is 14.4. The van der Waals surface area contributed by atoms with Crippen molar-refractivity contribution < 1.29 is 28.2 Å². The minimum Gasteiger partial charge on any atom is -0.486 e. The molecule has 0 aliphatic carbocycles. The number of amides is 3. The number of nitrogens with one attached hydrogen (secondary N) is 3. The maximum absolute atomic E-state index is 14.4. The van der Waals surface area contributed by atoms with Crippen molar-refractivity contribution in [1.82, 2.24) is 5.32 Å². The number of fused-ring (bicyclic) bond motifs is 1. The fourth-order valence-corrected chi connectivity index (χ4v) is 4.77. The van der Waals surface area contributed by atoms with Crippen LogP contribution in [0.25, 0.3) is 6.08 Å². The molecule has 1 aliphatic heterocycles. The van der Waals surface area contributed by atoms with Gasteiger partial charge in [-0.05, 0) is 54.6 Å². The van der Waals surface area contributed by atoms with Crippen LogP contribution in [-0.2, 0) is 9.59 Å². The van der Waals surface area contributed by atoms with E-state index in [4.69, 9.17) is 9.47 Å². The summed E-state index contributed by atoms with van der Waals surface area (Å²) in [6.45, 7) is 0.938. The van der Waals surface area contributed by atoms with Gasteiger partial charge in [0.2, 0.25) is 5.91 Å². The molecule has 5 rings (SSSR count). The second-order valence-electron chi connectivity index (χ2n) is 9.08. The van der Waals surface area contributed by atoms with E-state index < -0.39 is 17.6 Å². The smallest absolute Gasteiger partial charge is 0.272 e. The first-order valence-corrected chi connectivity index (χ1v) is 14.0. The van der Waals surface area contributed by atoms with E-state index in [1.54, 1.807) is 72.8 Å². The molecule has 0 unspecified atom stereocenters. The van der Waals surface area contributed by atoms with Gasteiger partial charge in [0, 0.05) is 33.5 Å². The molecule has 3 amide bonds. The van der Waals surface area contributed by atoms with Gasteiger partial charge in [-0.25, -0.2) is 4.39 Å². The van der Waals surface area contributed by atoms with Crippen LogP contribution in [0.5, 0.6) is 11.5 Å². The number of halogens is 1. The summed E-state index contributed by atoms with van der Waals surface area (Å²) >= 11 is 1.29. The summed E-state index contributed by atoms with van der Waals surface area (Å²) in [6.07, 6.45) is 1.28. The molecule has 1 aliphatic rings. The first-order valence-electron chi connectivity index (χ1n) is 13.0. The van der Waals surface area contributed by atoms with Gasteiger partial charge in [0.05, 0.1) is 5.75 Å². The molecule has 0 bridgehead atoms. The molecule has 0 atom stereocenters. The highest BCUT2D eigenvalue weighted by Crippen LogP contribution is 2.32. The second-order valence-corrected chi connectivity index (χ2v) is 10.1. The van der Waals surface area contributed by atoms with Gasteiger partial charge < -0.3 is 25.4 Å². The summed E-state index contributed by atoms with van der Waals surface area (Å²) in [5.74, 6) is -0.563. The van der Waals surface area contributed by atoms with Crippen molar-refractivity contribution in [1.29, 1.82) is 0 Å². The molecule has 3 N–H and O–H groups in total. The molecular formula is C32H26FN3O5S. The molecule has 1 heterocycles. The Balaban J connectivity index is 1.24. The van der Waals surface area contributed by atoms with Gasteiger partial charge in [-0.1, -0.05) is 42.5 Å². The first-order chi connectivity index (χ1) is 20.4. The van der Waals surface area contributed by atoms with Crippen LogP contribution in [0.15, 0.2) is 108 Å². The lowest BCUT2D eigenvalue weighted by atomic mass is 10.1. The molecule has 4 aromatic carbocycles. The Morgan fingerprint density at radius 3 is 2.33 bits per heavy atom. The van der Waals surface area contributed by atoms with Gasteiger partial charge in [-0.3, -0.25) is 14.4 Å². The van der Waals surface area contributed by atoms with Gasteiger partial charge in [0.15, 0.2) is 11.5 Å². The topological polar surface area (TPSA) is 106 Å². The zero-order chi connectivity index (χ0) is 29.3. The van der Waals surface area contributed by atoms with Crippen LogP contribution in [0, 0.1) is 5.82 Å². The van der Waals surface area contributed by atoms with Crippen LogP contribution in [0.1, 0.15) is 15.9 Å². The quantitative estimate of drug-likeness (QED) is 0.172. The van der Waals surface area contributed by atoms with Crippen molar-refractivity contribution in [3.8, 4) is 11.5 Å². The van der Waals surface area contributed by atoms with Gasteiger partial charge >= 0.3 is 0 Å². The fourth-order valence-electron chi connectivity index (χ4n) is 4.02. The second kappa shape index (κ2) is 13.5. The van der Waals surface area contributed by atoms with Crippen molar-refractivity contribution >= 4 is 46.9 Å². The van der Waals surface area contributed by atoms with E-state index >= 15 is 0 Å². The van der Waals surface area contributed by atoms with Crippen LogP contribution in [0.3, 0.4) is 0 Å². The summed E-state index contributed by atoms with van der Waals surface area (Å²) < 4.78 is 25.4. The Hall–Kier alpha value is -5.09. The molecule has 0 saturated carbocycles. The Morgan fingerprint density at radius 2 is 1.52 bits per heavy atom. The highest BCUT2D eigenvalue weighted by molar-refractivity contribution is 8.00. The molecule has 10 heteroatoms. The predicted molar refractivity (Wildman–Crippen MR) is 160 cm³/mol. The SMILES string of the molecule is O=C(CSc1cccc(NC(=O)/C(=C/c2ccccc2F)NC(=O)c2ccccc2)c1)Nc1ccc2c(c1)OCCO2. The average molecular weight is 584 g/mol. The lowest BCUT2D eigenvalue weighted by Gasteiger charge is -2.19. The van der Waals surface area contributed by atoms with Crippen molar-refractivity contribution in [2.75, 3.05) is 29.6 Å². The number of hydrogen-bond acceptors (Lipinski definition) is 6. The summed E-state index contributed by atoms with van der Waals surface area (Å²) in [5, 5.41) is 8.19. The Morgan fingerprint density at radius 1 is 0.786 bits per heavy atom. The van der Waals surface area contributed by atoms with Crippen molar-refractivity contribution in [2.24, 2.45) is 0 Å². The predicted octanol–water partition coefficient (Wildman–Crippen LogP) is 5.74. The number of hydrogen-bond donors (Lipinski definition) is 3. The fraction of sp³-hybridized carbons (Fsp3) is 0.0938. The molecule has 0 saturated heterocycles. The zero-order valence-electron chi connectivity index (χ0n) is 22.3. The third-order valence-electron chi connectivity index (χ3n) is 6.02. The van der Waals surface area contributed by atoms with Gasteiger partial charge in [0.1, 0.15) is 24.7 Å². The van der Waals surface area contributed by atoms with E-state index in [1.165, 1.54) is 36.0 Å². The number of ether oxygens (including phenoxy) is 2. The van der Waals surface area contributed by atoms with Crippen molar-refractivity contribution in [2.45, 2.75) is 4.90 Å². The lowest BCUT2D eigenvalue weighted by molar-refractivity contribution is -0.114. The molecule has 0 radical (unpaired) electrons. The van der Waals surface area contributed by atoms with Gasteiger partial charge in [0.25, 0.3) is 11.8 Å². The van der Waals surface area contributed by atoms with Crippen LogP contribution >= 0.6 is 11.8 Å². The molecule has 0 spiro atoms. The van der Waals surface area contributed by atoms with Crippen LogP contribution in [0.2, 0.25) is 0 Å². The molecule has 42 heavy (non-hydrogen) atoms. The maximum Gasteiger partial charge on any atom is 0.272 e. The number of rotatable bonds is 9. The van der Waals surface area contributed by atoms with Gasteiger partial charge in [-0.15, -0.1) is 11.8 Å². The highest BCUT2D eigenvalue weighted by atomic mass is 32.2. The lowest BCUT2D eigenvalue weighted by Crippen LogP contribution is -2.30. The highest BCUT2D eigenvalue weighted by Gasteiger charge is 2.17. The number of carbonyl (C=O) groups excluding carboxylic acids is 3. The Labute approximate surface area is 245 Å². The third-order valence-corrected chi connectivity index (χ3v) is 7.02. The van der Waals surface area contributed by atoms with Crippen LogP contribution in [0.4, 0.5) is 15.8 Å². The number of thioether (sulfide) groups is 1. The summed E-state index contributed by atoms with van der Waals surface area (Å²) in [7, 11) is 0. The number of benzene rings is 4.